The third kappa shape index (κ3) is 2.70. The van der Waals surface area contributed by atoms with Crippen LogP contribution in [-0.4, -0.2) is 24.9 Å². The van der Waals surface area contributed by atoms with Crippen LogP contribution in [0.15, 0.2) is 0 Å². The number of carbonyl (C=O) groups is 1. The number of amides is 1. The Morgan fingerprint density at radius 1 is 1.06 bits per heavy atom. The van der Waals surface area contributed by atoms with Gasteiger partial charge in [-0.3, -0.25) is 4.79 Å². The van der Waals surface area contributed by atoms with E-state index in [-0.39, 0.29) is 13.2 Å². The minimum atomic E-state index is -0.791. The second-order valence-corrected chi connectivity index (χ2v) is 4.31. The van der Waals surface area contributed by atoms with Gasteiger partial charge in [-0.05, 0) is 12.8 Å². The fourth-order valence-electron chi connectivity index (χ4n) is 1.93. The highest BCUT2D eigenvalue weighted by Gasteiger charge is 2.39. The number of nitrogens with two attached hydrogens (primary N) is 1. The quantitative estimate of drug-likeness (QED) is 0.670. The molecule has 1 spiro atoms. The zero-order valence-corrected chi connectivity index (χ0v) is 9.15. The Kier molecular flexibility index (Phi) is 3.75. The maximum Gasteiger partial charge on any atom is 0.233 e. The summed E-state index contributed by atoms with van der Waals surface area (Å²) in [6.45, 7) is 0.223. The van der Waals surface area contributed by atoms with Crippen LogP contribution >= 0.6 is 0 Å². The van der Waals surface area contributed by atoms with Crippen molar-refractivity contribution in [3.05, 3.63) is 0 Å². The lowest BCUT2D eigenvalue weighted by Gasteiger charge is -2.35. The summed E-state index contributed by atoms with van der Waals surface area (Å²) in [6, 6.07) is 0. The Hall–Kier alpha value is -0.690. The molecule has 0 atom stereocenters. The molecule has 0 aromatic carbocycles. The highest BCUT2D eigenvalue weighted by molar-refractivity contribution is 5.76. The summed E-state index contributed by atoms with van der Waals surface area (Å²) < 4.78 is 0. The summed E-state index contributed by atoms with van der Waals surface area (Å²) in [6.07, 6.45) is 4.69. The predicted octanol–water partition coefficient (Wildman–Crippen LogP) is 0.658. The van der Waals surface area contributed by atoms with Gasteiger partial charge in [0.15, 0.2) is 0 Å². The third-order valence-corrected chi connectivity index (χ3v) is 2.98. The Labute approximate surface area is 93.8 Å². The summed E-state index contributed by atoms with van der Waals surface area (Å²) >= 11 is 0. The molecule has 1 heterocycles. The molecule has 1 aliphatic heterocycles. The molecule has 0 radical (unpaired) electrons. The van der Waals surface area contributed by atoms with Crippen molar-refractivity contribution in [2.75, 3.05) is 13.2 Å². The van der Waals surface area contributed by atoms with Gasteiger partial charge >= 0.3 is 0 Å². The average Bonchev–Trinajstić information content (AvgIpc) is 2.25. The molecule has 92 valence electrons. The monoisotopic (exact) mass is 231 g/mol. The van der Waals surface area contributed by atoms with E-state index in [0.29, 0.717) is 0 Å². The van der Waals surface area contributed by atoms with Crippen LogP contribution in [0.25, 0.3) is 0 Å². The fourth-order valence-corrected chi connectivity index (χ4v) is 1.93. The van der Waals surface area contributed by atoms with Crippen LogP contribution < -0.4 is 5.73 Å². The van der Waals surface area contributed by atoms with Crippen molar-refractivity contribution >= 4 is 5.91 Å². The van der Waals surface area contributed by atoms with Gasteiger partial charge in [-0.25, -0.2) is 9.78 Å². The van der Waals surface area contributed by atoms with E-state index in [1.165, 1.54) is 6.42 Å². The lowest BCUT2D eigenvalue weighted by molar-refractivity contribution is -0.531. The third-order valence-electron chi connectivity index (χ3n) is 2.98. The first-order valence-electron chi connectivity index (χ1n) is 5.62. The van der Waals surface area contributed by atoms with Gasteiger partial charge in [0, 0.05) is 12.8 Å². The number of primary amides is 1. The normalized spacial score (nSPS) is 27.2. The first kappa shape index (κ1) is 11.8. The van der Waals surface area contributed by atoms with Crippen LogP contribution in [0.3, 0.4) is 0 Å². The molecule has 16 heavy (non-hydrogen) atoms. The van der Waals surface area contributed by atoms with E-state index in [1.54, 1.807) is 0 Å². The van der Waals surface area contributed by atoms with E-state index in [1.807, 2.05) is 0 Å². The lowest BCUT2D eigenvalue weighted by Crippen LogP contribution is -2.43. The van der Waals surface area contributed by atoms with Crippen molar-refractivity contribution in [1.82, 2.24) is 0 Å². The van der Waals surface area contributed by atoms with Gasteiger partial charge < -0.3 is 5.73 Å². The predicted molar refractivity (Wildman–Crippen MR) is 52.6 cm³/mol. The van der Waals surface area contributed by atoms with E-state index < -0.39 is 17.6 Å². The van der Waals surface area contributed by atoms with Crippen LogP contribution in [0.2, 0.25) is 0 Å². The zero-order chi connectivity index (χ0) is 11.4. The molecule has 1 saturated heterocycles. The van der Waals surface area contributed by atoms with Gasteiger partial charge in [0.05, 0.1) is 19.1 Å². The fraction of sp³-hybridized carbons (Fsp3) is 0.900. The van der Waals surface area contributed by atoms with Crippen LogP contribution in [-0.2, 0) is 24.3 Å². The molecule has 6 nitrogen and oxygen atoms in total. The van der Waals surface area contributed by atoms with E-state index in [4.69, 9.17) is 25.3 Å². The van der Waals surface area contributed by atoms with Crippen LogP contribution in [0.4, 0.5) is 0 Å². The summed E-state index contributed by atoms with van der Waals surface area (Å²) in [7, 11) is 0. The first-order chi connectivity index (χ1) is 7.72. The molecule has 1 saturated carbocycles. The van der Waals surface area contributed by atoms with E-state index in [2.05, 4.69) is 0 Å². The van der Waals surface area contributed by atoms with Crippen molar-refractivity contribution in [2.24, 2.45) is 11.7 Å². The number of rotatable bonds is 1. The van der Waals surface area contributed by atoms with E-state index >= 15 is 0 Å². The Balaban J connectivity index is 1.90. The summed E-state index contributed by atoms with van der Waals surface area (Å²) in [5.74, 6) is -1.80. The van der Waals surface area contributed by atoms with Crippen molar-refractivity contribution in [2.45, 2.75) is 37.9 Å². The molecule has 1 amide bonds. The van der Waals surface area contributed by atoms with Crippen molar-refractivity contribution in [3.63, 3.8) is 0 Å². The molecule has 2 aliphatic rings. The SMILES string of the molecule is NC(=O)C1COOC2(CCCCC2)OOC1. The largest absolute Gasteiger partial charge is 0.369 e. The number of hydrogen-bond acceptors (Lipinski definition) is 5. The van der Waals surface area contributed by atoms with Crippen LogP contribution in [0, 0.1) is 5.92 Å². The van der Waals surface area contributed by atoms with Crippen LogP contribution in [0.1, 0.15) is 32.1 Å². The molecule has 0 aromatic heterocycles. The maximum atomic E-state index is 10.9. The van der Waals surface area contributed by atoms with Crippen molar-refractivity contribution < 1.29 is 24.3 Å². The van der Waals surface area contributed by atoms with Gasteiger partial charge in [-0.2, -0.15) is 9.78 Å². The zero-order valence-electron chi connectivity index (χ0n) is 9.15. The van der Waals surface area contributed by atoms with E-state index in [9.17, 15) is 4.79 Å². The second kappa shape index (κ2) is 5.09. The van der Waals surface area contributed by atoms with Gasteiger partial charge in [0.25, 0.3) is 0 Å². The Bertz CT molecular complexity index is 240. The summed E-state index contributed by atoms with van der Waals surface area (Å²) in [5.41, 5.74) is 5.15. The summed E-state index contributed by atoms with van der Waals surface area (Å²) in [4.78, 5) is 31.5. The van der Waals surface area contributed by atoms with Crippen molar-refractivity contribution in [1.29, 1.82) is 0 Å². The molecule has 2 fully saturated rings. The molecule has 6 heteroatoms. The molecule has 0 bridgehead atoms. The molecular formula is C10H17NO5. The first-order valence-corrected chi connectivity index (χ1v) is 5.62. The smallest absolute Gasteiger partial charge is 0.233 e. The number of carbonyl (C=O) groups excluding carboxylic acids is 1. The molecule has 0 unspecified atom stereocenters. The molecule has 0 aromatic rings. The highest BCUT2D eigenvalue weighted by Crippen LogP contribution is 2.34. The van der Waals surface area contributed by atoms with E-state index in [0.717, 1.165) is 25.7 Å². The minimum Gasteiger partial charge on any atom is -0.369 e. The second-order valence-electron chi connectivity index (χ2n) is 4.31. The topological polar surface area (TPSA) is 80.0 Å². The maximum absolute atomic E-state index is 10.9. The summed E-state index contributed by atoms with van der Waals surface area (Å²) in [5, 5.41) is 0. The lowest BCUT2D eigenvalue weighted by atomic mass is 9.94. The number of hydrogen-bond donors (Lipinski definition) is 1. The molecule has 2 rings (SSSR count). The van der Waals surface area contributed by atoms with Gasteiger partial charge in [-0.15, -0.1) is 0 Å². The Morgan fingerprint density at radius 3 is 2.12 bits per heavy atom. The van der Waals surface area contributed by atoms with Gasteiger partial charge in [0.1, 0.15) is 0 Å². The molecular weight excluding hydrogens is 214 g/mol. The van der Waals surface area contributed by atoms with Gasteiger partial charge in [0.2, 0.25) is 11.7 Å². The Morgan fingerprint density at radius 2 is 1.62 bits per heavy atom. The highest BCUT2D eigenvalue weighted by atomic mass is 17.3. The average molecular weight is 231 g/mol. The van der Waals surface area contributed by atoms with Crippen molar-refractivity contribution in [3.8, 4) is 0 Å². The van der Waals surface area contributed by atoms with Gasteiger partial charge in [-0.1, -0.05) is 6.42 Å². The molecule has 1 aliphatic carbocycles. The standard InChI is InChI=1S/C10H17NO5/c11-9(12)8-6-13-15-10(16-14-7-8)4-2-1-3-5-10/h8H,1-7H2,(H2,11,12). The van der Waals surface area contributed by atoms with Crippen LogP contribution in [0.5, 0.6) is 0 Å². The molecule has 2 N–H and O–H groups in total. The minimum absolute atomic E-state index is 0.112.